The SMILES string of the molecule is CC(C)N1C(=O)S/C(=C/c2ccccc2)C1=O.CC(C)N1CCCc2ccccc21.CC(C)N1CCc2ccccc21.CC(C)N1CCc2ccccc2C1.CC(C)N1Cc2ccccc2C1.CC(C)n1cc2ccccc2c1.CC(C)n1ccc2ccccc21. The van der Waals surface area contributed by atoms with E-state index < -0.39 is 0 Å². The fraction of sp³-hybridized carbons (Fsp3) is 0.383. The number of benzene rings is 7. The molecule has 10 heteroatoms. The zero-order chi connectivity index (χ0) is 65.1. The summed E-state index contributed by atoms with van der Waals surface area (Å²) in [5.41, 5.74) is 14.2. The Hall–Kier alpha value is -7.63. The molecule has 7 heterocycles. The number of hydrogen-bond acceptors (Lipinski definition) is 7. The second kappa shape index (κ2) is 33.6. The maximum absolute atomic E-state index is 12.0. The lowest BCUT2D eigenvalue weighted by molar-refractivity contribution is -0.123. The number of para-hydroxylation sites is 3. The number of rotatable bonds is 8. The summed E-state index contributed by atoms with van der Waals surface area (Å²) in [6.45, 7) is 37.6. The van der Waals surface area contributed by atoms with E-state index in [0.717, 1.165) is 37.0 Å². The fourth-order valence-electron chi connectivity index (χ4n) is 12.3. The number of carbonyl (C=O) groups is 2. The van der Waals surface area contributed by atoms with Crippen LogP contribution in [0.2, 0.25) is 0 Å². The van der Waals surface area contributed by atoms with Gasteiger partial charge in [-0.25, -0.2) is 0 Å². The molecule has 480 valence electrons. The normalized spacial score (nSPS) is 15.5. The van der Waals surface area contributed by atoms with E-state index >= 15 is 0 Å². The number of thioether (sulfide) groups is 1. The molecule has 91 heavy (non-hydrogen) atoms. The van der Waals surface area contributed by atoms with Crippen molar-refractivity contribution >= 4 is 62.0 Å². The first-order valence-electron chi connectivity index (χ1n) is 33.5. The minimum absolute atomic E-state index is 0.0934. The van der Waals surface area contributed by atoms with Gasteiger partial charge in [-0.3, -0.25) is 24.3 Å². The van der Waals surface area contributed by atoms with Gasteiger partial charge in [0.25, 0.3) is 11.1 Å². The molecule has 5 aliphatic heterocycles. The molecule has 14 rings (SSSR count). The van der Waals surface area contributed by atoms with E-state index in [9.17, 15) is 9.59 Å². The Labute approximate surface area is 550 Å². The third-order valence-electron chi connectivity index (χ3n) is 17.6. The number of aromatic nitrogens is 2. The van der Waals surface area contributed by atoms with E-state index in [1.54, 1.807) is 11.6 Å². The van der Waals surface area contributed by atoms with Gasteiger partial charge in [0.1, 0.15) is 0 Å². The second-order valence-electron chi connectivity index (χ2n) is 26.4. The molecule has 0 radical (unpaired) electrons. The first kappa shape index (κ1) is 69.3. The molecule has 0 N–H and O–H groups in total. The van der Waals surface area contributed by atoms with Crippen LogP contribution in [0, 0.1) is 0 Å². The van der Waals surface area contributed by atoms with Crippen molar-refractivity contribution in [1.29, 1.82) is 0 Å². The van der Waals surface area contributed by atoms with Crippen molar-refractivity contribution in [2.24, 2.45) is 0 Å². The summed E-state index contributed by atoms with van der Waals surface area (Å²) in [5.74, 6) is -0.196. The number of imide groups is 1. The molecule has 0 atom stereocenters. The number of anilines is 2. The molecule has 1 fully saturated rings. The minimum Gasteiger partial charge on any atom is -0.369 e. The van der Waals surface area contributed by atoms with Crippen LogP contribution in [0.25, 0.3) is 27.8 Å². The molecule has 7 aromatic carbocycles. The van der Waals surface area contributed by atoms with Crippen LogP contribution >= 0.6 is 11.8 Å². The highest BCUT2D eigenvalue weighted by Gasteiger charge is 2.36. The van der Waals surface area contributed by atoms with Gasteiger partial charge in [-0.05, 0) is 220 Å². The predicted molar refractivity (Wildman–Crippen MR) is 390 cm³/mol. The average molecular weight is 1240 g/mol. The number of amides is 2. The van der Waals surface area contributed by atoms with E-state index in [0.29, 0.717) is 41.2 Å². The maximum atomic E-state index is 12.0. The zero-order valence-corrected chi connectivity index (χ0v) is 57.9. The highest BCUT2D eigenvalue weighted by Crippen LogP contribution is 2.34. The molecule has 9 aromatic rings. The summed E-state index contributed by atoms with van der Waals surface area (Å²) in [7, 11) is 0. The van der Waals surface area contributed by atoms with Gasteiger partial charge in [0.15, 0.2) is 0 Å². The van der Waals surface area contributed by atoms with Gasteiger partial charge in [0, 0.05) is 117 Å². The third kappa shape index (κ3) is 19.0. The van der Waals surface area contributed by atoms with Gasteiger partial charge in [0.2, 0.25) is 0 Å². The lowest BCUT2D eigenvalue weighted by Gasteiger charge is -2.34. The van der Waals surface area contributed by atoms with Crippen LogP contribution in [0.5, 0.6) is 0 Å². The van der Waals surface area contributed by atoms with Gasteiger partial charge in [-0.15, -0.1) is 0 Å². The smallest absolute Gasteiger partial charge is 0.293 e. The van der Waals surface area contributed by atoms with Crippen LogP contribution in [0.3, 0.4) is 0 Å². The molecule has 0 aliphatic carbocycles. The summed E-state index contributed by atoms with van der Waals surface area (Å²) in [6.07, 6.45) is 13.3. The number of carbonyl (C=O) groups excluding carboxylic acids is 2. The monoisotopic (exact) mass is 1240 g/mol. The first-order valence-corrected chi connectivity index (χ1v) is 34.3. The van der Waals surface area contributed by atoms with Crippen LogP contribution in [0.1, 0.15) is 154 Å². The number of nitrogens with zero attached hydrogens (tertiary/aromatic N) is 7. The van der Waals surface area contributed by atoms with E-state index in [1.165, 1.54) is 111 Å². The summed E-state index contributed by atoms with van der Waals surface area (Å²) < 4.78 is 4.53. The molecule has 9 nitrogen and oxygen atoms in total. The highest BCUT2D eigenvalue weighted by atomic mass is 32.2. The van der Waals surface area contributed by atoms with Crippen LogP contribution in [-0.2, 0) is 43.7 Å². The Morgan fingerprint density at radius 3 is 1.35 bits per heavy atom. The van der Waals surface area contributed by atoms with Crippen molar-refractivity contribution in [1.82, 2.24) is 23.8 Å². The van der Waals surface area contributed by atoms with Crippen molar-refractivity contribution in [3.05, 3.63) is 244 Å². The van der Waals surface area contributed by atoms with E-state index in [4.69, 9.17) is 0 Å². The van der Waals surface area contributed by atoms with E-state index in [-0.39, 0.29) is 17.2 Å². The van der Waals surface area contributed by atoms with Gasteiger partial charge in [-0.1, -0.05) is 158 Å². The Morgan fingerprint density at radius 2 is 0.835 bits per heavy atom. The zero-order valence-electron chi connectivity index (χ0n) is 57.1. The molecule has 0 saturated carbocycles. The molecule has 0 unspecified atom stereocenters. The molecule has 0 bridgehead atoms. The quantitative estimate of drug-likeness (QED) is 0.141. The van der Waals surface area contributed by atoms with Crippen LogP contribution < -0.4 is 9.80 Å². The van der Waals surface area contributed by atoms with Crippen LogP contribution in [0.4, 0.5) is 16.2 Å². The standard InChI is InChI=1S/C13H13NO2S.2C12H17N.C11H15N.C11H13N.C11H15N.C11H13N/c1-9(2)14-12(15)11(17-13(14)16)8-10-6-4-3-5-7-10;1-10(2)13-9-5-7-11-6-3-4-8-12(11)13;1-10(2)13-8-7-11-5-3-4-6-12(11)9-13;2*1-9(2)12-7-10-5-3-4-6-11(10)8-12;2*1-9(2)12-8-7-10-5-3-4-6-11(10)12/h3-9H,1-2H3;3-4,6,8,10H,5,7,9H2,1-2H3;3-6,10H,7-9H2,1-2H3;3-6,9H,7-8H2,1-2H3;3-9H,1-2H3;3-6,9H,7-8H2,1-2H3;3-9H,1-2H3/b11-8+;;;;;;. The molecule has 2 amide bonds. The summed E-state index contributed by atoms with van der Waals surface area (Å²) in [4.78, 5) is 35.4. The highest BCUT2D eigenvalue weighted by molar-refractivity contribution is 8.18. The van der Waals surface area contributed by atoms with Gasteiger partial charge >= 0.3 is 0 Å². The van der Waals surface area contributed by atoms with Gasteiger partial charge in [-0.2, -0.15) is 0 Å². The van der Waals surface area contributed by atoms with Crippen molar-refractivity contribution < 1.29 is 9.59 Å². The van der Waals surface area contributed by atoms with Crippen LogP contribution in [-0.4, -0.2) is 84.8 Å². The molecule has 5 aliphatic rings. The molecule has 0 spiro atoms. The Balaban J connectivity index is 0.000000137. The summed E-state index contributed by atoms with van der Waals surface area (Å²) in [6, 6.07) is 67.2. The Kier molecular flexibility index (Phi) is 25.6. The topological polar surface area (TPSA) is 60.2 Å². The Morgan fingerprint density at radius 1 is 0.385 bits per heavy atom. The molecular weight excluding hydrogens is 1140 g/mol. The van der Waals surface area contributed by atoms with E-state index in [2.05, 4.69) is 282 Å². The van der Waals surface area contributed by atoms with Crippen molar-refractivity contribution in [2.75, 3.05) is 29.4 Å². The maximum Gasteiger partial charge on any atom is 0.293 e. The van der Waals surface area contributed by atoms with Crippen molar-refractivity contribution in [2.45, 2.75) is 185 Å². The minimum atomic E-state index is -0.196. The lowest BCUT2D eigenvalue weighted by Crippen LogP contribution is -2.35. The molecule has 2 aromatic heterocycles. The molecule has 1 saturated heterocycles. The van der Waals surface area contributed by atoms with Gasteiger partial charge in [0.05, 0.1) is 4.91 Å². The van der Waals surface area contributed by atoms with Crippen molar-refractivity contribution in [3.63, 3.8) is 0 Å². The van der Waals surface area contributed by atoms with Gasteiger partial charge < -0.3 is 18.9 Å². The fourth-order valence-corrected chi connectivity index (χ4v) is 13.2. The predicted octanol–water partition coefficient (Wildman–Crippen LogP) is 19.7. The Bertz CT molecular complexity index is 3690. The number of aryl methyl sites for hydroxylation is 1. The molecular formula is C81H103N7O2S. The van der Waals surface area contributed by atoms with Crippen LogP contribution in [0.15, 0.2) is 205 Å². The average Bonchev–Trinajstić information content (AvgIpc) is 2.54. The largest absolute Gasteiger partial charge is 0.369 e. The second-order valence-corrected chi connectivity index (χ2v) is 27.4. The van der Waals surface area contributed by atoms with E-state index in [1.807, 2.05) is 44.2 Å². The summed E-state index contributed by atoms with van der Waals surface area (Å²) in [5, 5.41) is 3.79. The number of fused-ring (bicyclic) bond motifs is 6. The summed E-state index contributed by atoms with van der Waals surface area (Å²) >= 11 is 1.00. The number of hydrogen-bond donors (Lipinski definition) is 0. The third-order valence-corrected chi connectivity index (χ3v) is 18.5. The first-order chi connectivity index (χ1) is 43.8. The van der Waals surface area contributed by atoms with Crippen molar-refractivity contribution in [3.8, 4) is 0 Å². The lowest BCUT2D eigenvalue weighted by atomic mass is 9.99.